The van der Waals surface area contributed by atoms with Gasteiger partial charge in [-0.25, -0.2) is 9.59 Å². The molecule has 6 heteroatoms. The molecule has 2 amide bonds. The minimum Gasteiger partial charge on any atom is -0.463 e. The molecule has 0 radical (unpaired) electrons. The molecule has 1 aliphatic heterocycles. The zero-order valence-electron chi connectivity index (χ0n) is 14.6. The second-order valence-electron chi connectivity index (χ2n) is 7.10. The Morgan fingerprint density at radius 1 is 1.39 bits per heavy atom. The molecule has 2 rings (SSSR count). The van der Waals surface area contributed by atoms with Crippen molar-refractivity contribution in [1.29, 1.82) is 0 Å². The summed E-state index contributed by atoms with van der Waals surface area (Å²) in [5, 5.41) is 9.03. The van der Waals surface area contributed by atoms with Crippen LogP contribution in [0.4, 0.5) is 4.79 Å². The van der Waals surface area contributed by atoms with Crippen LogP contribution in [-0.4, -0.2) is 37.2 Å². The first-order valence-corrected chi connectivity index (χ1v) is 8.56. The van der Waals surface area contributed by atoms with Crippen LogP contribution in [0.25, 0.3) is 0 Å². The van der Waals surface area contributed by atoms with Gasteiger partial charge in [0, 0.05) is 18.3 Å². The number of carbonyl (C=O) groups is 2. The Hall–Kier alpha value is -1.56. The van der Waals surface area contributed by atoms with Crippen molar-refractivity contribution in [2.45, 2.75) is 65.5 Å². The number of hydrogen-bond acceptors (Lipinski definition) is 4. The molecule has 2 unspecified atom stereocenters. The van der Waals surface area contributed by atoms with Gasteiger partial charge in [0.25, 0.3) is 0 Å². The summed E-state index contributed by atoms with van der Waals surface area (Å²) >= 11 is 0. The van der Waals surface area contributed by atoms with E-state index in [0.717, 1.165) is 6.42 Å². The van der Waals surface area contributed by atoms with E-state index in [1.807, 2.05) is 0 Å². The van der Waals surface area contributed by atoms with Crippen LogP contribution in [-0.2, 0) is 9.53 Å². The molecule has 23 heavy (non-hydrogen) atoms. The molecule has 1 saturated carbocycles. The van der Waals surface area contributed by atoms with Crippen LogP contribution >= 0.6 is 0 Å². The quantitative estimate of drug-likeness (QED) is 0.677. The highest BCUT2D eigenvalue weighted by Gasteiger charge is 2.34. The summed E-state index contributed by atoms with van der Waals surface area (Å²) in [5.74, 6) is -0.368. The molecule has 1 aliphatic carbocycles. The molecule has 3 N–H and O–H groups in total. The van der Waals surface area contributed by atoms with Gasteiger partial charge < -0.3 is 20.7 Å². The van der Waals surface area contributed by atoms with Crippen LogP contribution in [0.1, 0.15) is 53.4 Å². The SMILES string of the molecule is CCOC(=O)C1=C(CNC2CCCCC2(C)C)NC(=O)NC1C. The third-order valence-corrected chi connectivity index (χ3v) is 4.90. The van der Waals surface area contributed by atoms with Crippen molar-refractivity contribution >= 4 is 12.0 Å². The Kier molecular flexibility index (Phi) is 5.68. The van der Waals surface area contributed by atoms with Crippen LogP contribution in [0.3, 0.4) is 0 Å². The highest BCUT2D eigenvalue weighted by molar-refractivity contribution is 5.94. The first-order chi connectivity index (χ1) is 10.8. The minimum absolute atomic E-state index is 0.228. The van der Waals surface area contributed by atoms with Crippen molar-refractivity contribution in [3.8, 4) is 0 Å². The standard InChI is InChI=1S/C17H29N3O3/c1-5-23-15(21)14-11(2)19-16(22)20-12(14)10-18-13-8-6-7-9-17(13,3)4/h11,13,18H,5-10H2,1-4H3,(H2,19,20,22). The van der Waals surface area contributed by atoms with Gasteiger partial charge in [-0.15, -0.1) is 0 Å². The Morgan fingerprint density at radius 3 is 2.78 bits per heavy atom. The molecule has 0 bridgehead atoms. The number of carbonyl (C=O) groups excluding carboxylic acids is 2. The maximum atomic E-state index is 12.2. The number of nitrogens with one attached hydrogen (secondary N) is 3. The van der Waals surface area contributed by atoms with Gasteiger partial charge >= 0.3 is 12.0 Å². The number of amides is 2. The number of rotatable bonds is 5. The lowest BCUT2D eigenvalue weighted by Gasteiger charge is -2.40. The average Bonchev–Trinajstić information content (AvgIpc) is 2.45. The predicted octanol–water partition coefficient (Wildman–Crippen LogP) is 2.06. The fourth-order valence-electron chi connectivity index (χ4n) is 3.52. The molecule has 1 fully saturated rings. The number of esters is 1. The number of hydrogen-bond donors (Lipinski definition) is 3. The van der Waals surface area contributed by atoms with Gasteiger partial charge in [0.15, 0.2) is 0 Å². The maximum absolute atomic E-state index is 12.2. The van der Waals surface area contributed by atoms with E-state index in [1.165, 1.54) is 19.3 Å². The molecule has 0 aromatic heterocycles. The third-order valence-electron chi connectivity index (χ3n) is 4.90. The highest BCUT2D eigenvalue weighted by Crippen LogP contribution is 2.35. The summed E-state index contributed by atoms with van der Waals surface area (Å²) in [6.07, 6.45) is 4.80. The second kappa shape index (κ2) is 7.34. The van der Waals surface area contributed by atoms with Crippen molar-refractivity contribution in [1.82, 2.24) is 16.0 Å². The molecular formula is C17H29N3O3. The lowest BCUT2D eigenvalue weighted by Crippen LogP contribution is -2.52. The van der Waals surface area contributed by atoms with E-state index in [2.05, 4.69) is 29.8 Å². The molecular weight excluding hydrogens is 294 g/mol. The Bertz CT molecular complexity index is 499. The van der Waals surface area contributed by atoms with E-state index in [0.29, 0.717) is 30.5 Å². The zero-order chi connectivity index (χ0) is 17.0. The smallest absolute Gasteiger partial charge is 0.337 e. The summed E-state index contributed by atoms with van der Waals surface area (Å²) in [5.41, 5.74) is 1.36. The molecule has 2 atom stereocenters. The lowest BCUT2D eigenvalue weighted by molar-refractivity contribution is -0.139. The van der Waals surface area contributed by atoms with E-state index in [9.17, 15) is 9.59 Å². The first kappa shape index (κ1) is 17.8. The zero-order valence-corrected chi connectivity index (χ0v) is 14.6. The average molecular weight is 323 g/mol. The summed E-state index contributed by atoms with van der Waals surface area (Å²) in [6.45, 7) is 8.91. The molecule has 130 valence electrons. The van der Waals surface area contributed by atoms with Crippen molar-refractivity contribution in [2.24, 2.45) is 5.41 Å². The van der Waals surface area contributed by atoms with Gasteiger partial charge in [-0.1, -0.05) is 26.7 Å². The Balaban J connectivity index is 2.13. The topological polar surface area (TPSA) is 79.5 Å². The van der Waals surface area contributed by atoms with Crippen molar-refractivity contribution in [3.63, 3.8) is 0 Å². The van der Waals surface area contributed by atoms with E-state index < -0.39 is 0 Å². The molecule has 0 saturated heterocycles. The van der Waals surface area contributed by atoms with E-state index in [1.54, 1.807) is 13.8 Å². The van der Waals surface area contributed by atoms with Crippen LogP contribution in [0.2, 0.25) is 0 Å². The molecule has 0 spiro atoms. The number of ether oxygens (including phenoxy) is 1. The highest BCUT2D eigenvalue weighted by atomic mass is 16.5. The van der Waals surface area contributed by atoms with Gasteiger partial charge in [-0.3, -0.25) is 0 Å². The van der Waals surface area contributed by atoms with Crippen LogP contribution in [0.15, 0.2) is 11.3 Å². The van der Waals surface area contributed by atoms with Crippen molar-refractivity contribution < 1.29 is 14.3 Å². The van der Waals surface area contributed by atoms with Gasteiger partial charge in [0.1, 0.15) is 0 Å². The Morgan fingerprint density at radius 2 is 2.13 bits per heavy atom. The summed E-state index contributed by atoms with van der Waals surface area (Å²) < 4.78 is 5.13. The first-order valence-electron chi connectivity index (χ1n) is 8.56. The predicted molar refractivity (Wildman–Crippen MR) is 88.8 cm³/mol. The normalized spacial score (nSPS) is 27.2. The summed E-state index contributed by atoms with van der Waals surface area (Å²) in [7, 11) is 0. The van der Waals surface area contributed by atoms with Gasteiger partial charge in [-0.2, -0.15) is 0 Å². The van der Waals surface area contributed by atoms with Crippen LogP contribution in [0.5, 0.6) is 0 Å². The van der Waals surface area contributed by atoms with Gasteiger partial charge in [0.2, 0.25) is 0 Å². The van der Waals surface area contributed by atoms with Crippen LogP contribution < -0.4 is 16.0 Å². The second-order valence-corrected chi connectivity index (χ2v) is 7.10. The van der Waals surface area contributed by atoms with Gasteiger partial charge in [-0.05, 0) is 32.1 Å². The fourth-order valence-corrected chi connectivity index (χ4v) is 3.52. The van der Waals surface area contributed by atoms with E-state index >= 15 is 0 Å². The largest absolute Gasteiger partial charge is 0.463 e. The number of urea groups is 1. The summed E-state index contributed by atoms with van der Waals surface area (Å²) in [6, 6.07) is -0.237. The summed E-state index contributed by atoms with van der Waals surface area (Å²) in [4.78, 5) is 24.0. The minimum atomic E-state index is -0.368. The molecule has 6 nitrogen and oxygen atoms in total. The molecule has 0 aromatic carbocycles. The van der Waals surface area contributed by atoms with Gasteiger partial charge in [0.05, 0.1) is 18.2 Å². The van der Waals surface area contributed by atoms with Crippen LogP contribution in [0, 0.1) is 5.41 Å². The van der Waals surface area contributed by atoms with E-state index in [4.69, 9.17) is 4.74 Å². The van der Waals surface area contributed by atoms with Crippen molar-refractivity contribution in [3.05, 3.63) is 11.3 Å². The molecule has 0 aromatic rings. The van der Waals surface area contributed by atoms with E-state index in [-0.39, 0.29) is 23.5 Å². The maximum Gasteiger partial charge on any atom is 0.337 e. The fraction of sp³-hybridized carbons (Fsp3) is 0.765. The molecule has 1 heterocycles. The monoisotopic (exact) mass is 323 g/mol. The lowest BCUT2D eigenvalue weighted by atomic mass is 9.73. The third kappa shape index (κ3) is 4.25. The Labute approximate surface area is 138 Å². The molecule has 2 aliphatic rings. The van der Waals surface area contributed by atoms with Crippen molar-refractivity contribution in [2.75, 3.05) is 13.2 Å².